The summed E-state index contributed by atoms with van der Waals surface area (Å²) in [4.78, 5) is 25.5. The van der Waals surface area contributed by atoms with Crippen LogP contribution in [0.25, 0.3) is 0 Å². The minimum Gasteiger partial charge on any atom is -0.466 e. The summed E-state index contributed by atoms with van der Waals surface area (Å²) in [7, 11) is 8.53. The highest BCUT2D eigenvalue weighted by Crippen LogP contribution is 1.87. The van der Waals surface area contributed by atoms with Crippen molar-refractivity contribution in [3.63, 3.8) is 0 Å². The van der Waals surface area contributed by atoms with E-state index in [1.807, 2.05) is 14.1 Å². The van der Waals surface area contributed by atoms with Gasteiger partial charge in [0.05, 0.1) is 7.11 Å². The minimum atomic E-state index is -0.352. The molecular weight excluding hydrogens is 248 g/mol. The molecule has 0 aromatic heterocycles. The summed E-state index contributed by atoms with van der Waals surface area (Å²) in [5.41, 5.74) is 0.860. The third-order valence-corrected chi connectivity index (χ3v) is 1.18. The van der Waals surface area contributed by atoms with Gasteiger partial charge in [-0.2, -0.15) is 0 Å². The average Bonchev–Trinajstić information content (AvgIpc) is 2.28. The van der Waals surface area contributed by atoms with E-state index in [0.29, 0.717) is 16.2 Å². The van der Waals surface area contributed by atoms with E-state index in [4.69, 9.17) is 0 Å². The van der Waals surface area contributed by atoms with Crippen molar-refractivity contribution in [3.05, 3.63) is 24.3 Å². The van der Waals surface area contributed by atoms with Gasteiger partial charge in [-0.3, -0.25) is 4.84 Å². The van der Waals surface area contributed by atoms with E-state index in [1.165, 1.54) is 7.11 Å². The Labute approximate surface area is 116 Å². The molecule has 112 valence electrons. The fourth-order valence-electron chi connectivity index (χ4n) is 0.447. The molecule has 0 saturated heterocycles. The Morgan fingerprint density at radius 3 is 1.37 bits per heavy atom. The van der Waals surface area contributed by atoms with Crippen molar-refractivity contribution >= 4 is 11.9 Å². The number of hydroxylamine groups is 2. The summed E-state index contributed by atoms with van der Waals surface area (Å²) in [6.07, 6.45) is 0. The standard InChI is InChI=1S/C6H11NO2.C5H8O2.C2H7N/c1-5(2)6(8)9-7(3)4;1-4(2)5(6)7-3;1-3-2/h1H2,2-4H3;1H2,2-3H3;3H,1-2H3/p+1. The van der Waals surface area contributed by atoms with Crippen LogP contribution in [0.2, 0.25) is 0 Å². The minimum absolute atomic E-state index is 0.347. The first-order valence-electron chi connectivity index (χ1n) is 5.64. The summed E-state index contributed by atoms with van der Waals surface area (Å²) in [6, 6.07) is 0. The number of carbonyl (C=O) groups is 2. The highest BCUT2D eigenvalue weighted by atomic mass is 16.7. The maximum atomic E-state index is 10.6. The lowest BCUT2D eigenvalue weighted by molar-refractivity contribution is -1.04. The number of ether oxygens (including phenoxy) is 1. The van der Waals surface area contributed by atoms with Crippen LogP contribution in [-0.2, 0) is 19.2 Å². The van der Waals surface area contributed by atoms with Crippen LogP contribution in [0.1, 0.15) is 13.8 Å². The van der Waals surface area contributed by atoms with Crippen molar-refractivity contribution in [2.75, 3.05) is 35.3 Å². The quantitative estimate of drug-likeness (QED) is 0.422. The monoisotopic (exact) mass is 275 g/mol. The summed E-state index contributed by atoms with van der Waals surface area (Å²) in [5, 5.41) is 3.39. The molecule has 0 amide bonds. The first kappa shape index (κ1) is 22.5. The van der Waals surface area contributed by atoms with Gasteiger partial charge in [-0.25, -0.2) is 9.59 Å². The van der Waals surface area contributed by atoms with E-state index in [0.717, 1.165) is 0 Å². The number of esters is 1. The normalized spacial score (nSPS) is 8.21. The third-order valence-electron chi connectivity index (χ3n) is 1.18. The highest BCUT2D eigenvalue weighted by Gasteiger charge is 2.06. The second-order valence-electron chi connectivity index (χ2n) is 3.85. The third kappa shape index (κ3) is 22.1. The number of hydrogen-bond donors (Lipinski definition) is 2. The summed E-state index contributed by atoms with van der Waals surface area (Å²) in [6.45, 7) is 9.99. The number of nitrogens with one attached hydrogen (secondary N) is 2. The zero-order valence-corrected chi connectivity index (χ0v) is 13.0. The van der Waals surface area contributed by atoms with Crippen molar-refractivity contribution in [1.29, 1.82) is 0 Å². The Morgan fingerprint density at radius 1 is 1.00 bits per heavy atom. The molecule has 0 saturated carbocycles. The second kappa shape index (κ2) is 14.4. The number of carbonyl (C=O) groups excluding carboxylic acids is 2. The molecule has 0 unspecified atom stereocenters. The van der Waals surface area contributed by atoms with E-state index in [1.54, 1.807) is 27.9 Å². The Balaban J connectivity index is -0.000000228. The molecule has 6 heteroatoms. The molecule has 19 heavy (non-hydrogen) atoms. The Hall–Kier alpha value is -1.66. The van der Waals surface area contributed by atoms with Gasteiger partial charge in [0.1, 0.15) is 14.1 Å². The van der Waals surface area contributed by atoms with E-state index >= 15 is 0 Å². The number of methoxy groups -OCH3 is 1. The molecule has 0 bridgehead atoms. The van der Waals surface area contributed by atoms with Crippen molar-refractivity contribution in [1.82, 2.24) is 5.32 Å². The smallest absolute Gasteiger partial charge is 0.392 e. The van der Waals surface area contributed by atoms with E-state index in [2.05, 4.69) is 28.0 Å². The van der Waals surface area contributed by atoms with Gasteiger partial charge in [0.25, 0.3) is 0 Å². The van der Waals surface area contributed by atoms with Gasteiger partial charge in [-0.15, -0.1) is 5.06 Å². The molecule has 0 fully saturated rings. The molecule has 0 aromatic rings. The largest absolute Gasteiger partial charge is 0.466 e. The maximum absolute atomic E-state index is 10.6. The van der Waals surface area contributed by atoms with E-state index < -0.39 is 0 Å². The number of quaternary nitrogens is 1. The number of rotatable bonds is 3. The molecule has 0 rings (SSSR count). The topological polar surface area (TPSA) is 69.1 Å². The van der Waals surface area contributed by atoms with Gasteiger partial charge in [0.15, 0.2) is 0 Å². The lowest BCUT2D eigenvalue weighted by Gasteiger charge is -2.04. The van der Waals surface area contributed by atoms with Crippen molar-refractivity contribution in [2.45, 2.75) is 13.8 Å². The van der Waals surface area contributed by atoms with Gasteiger partial charge in [-0.1, -0.05) is 13.2 Å². The molecule has 0 heterocycles. The molecule has 0 spiro atoms. The summed E-state index contributed by atoms with van der Waals surface area (Å²) >= 11 is 0. The number of hydrogen-bond acceptors (Lipinski definition) is 5. The van der Waals surface area contributed by atoms with Crippen LogP contribution in [0.5, 0.6) is 0 Å². The van der Waals surface area contributed by atoms with Crippen LogP contribution >= 0.6 is 0 Å². The summed E-state index contributed by atoms with van der Waals surface area (Å²) in [5.74, 6) is -0.699. The predicted octanol–water partition coefficient (Wildman–Crippen LogP) is -0.264. The van der Waals surface area contributed by atoms with E-state index in [-0.39, 0.29) is 11.9 Å². The van der Waals surface area contributed by atoms with Gasteiger partial charge < -0.3 is 10.1 Å². The molecule has 0 atom stereocenters. The van der Waals surface area contributed by atoms with Crippen LogP contribution < -0.4 is 10.4 Å². The van der Waals surface area contributed by atoms with Crippen LogP contribution in [0.15, 0.2) is 24.3 Å². The van der Waals surface area contributed by atoms with Crippen molar-refractivity contribution in [2.24, 2.45) is 0 Å². The Bertz CT molecular complexity index is 299. The van der Waals surface area contributed by atoms with Crippen LogP contribution in [-0.4, -0.2) is 47.2 Å². The zero-order chi connectivity index (χ0) is 16.0. The Morgan fingerprint density at radius 2 is 1.32 bits per heavy atom. The van der Waals surface area contributed by atoms with Gasteiger partial charge >= 0.3 is 11.9 Å². The summed E-state index contributed by atoms with van der Waals surface area (Å²) < 4.78 is 4.27. The lowest BCUT2D eigenvalue weighted by atomic mass is 10.4. The molecule has 0 aromatic carbocycles. The van der Waals surface area contributed by atoms with Gasteiger partial charge in [0.2, 0.25) is 0 Å². The molecule has 0 radical (unpaired) electrons. The maximum Gasteiger partial charge on any atom is 0.392 e. The fourth-order valence-corrected chi connectivity index (χ4v) is 0.447. The van der Waals surface area contributed by atoms with Gasteiger partial charge in [0, 0.05) is 11.1 Å². The van der Waals surface area contributed by atoms with Crippen LogP contribution in [0.3, 0.4) is 0 Å². The predicted molar refractivity (Wildman–Crippen MR) is 75.5 cm³/mol. The first-order chi connectivity index (χ1) is 8.63. The molecule has 0 aliphatic rings. The molecule has 0 aliphatic heterocycles. The SMILES string of the molecule is C=C(C)C(=O)OC.C=C(C)C(=O)O[NH+](C)C.CNC. The first-order valence-corrected chi connectivity index (χ1v) is 5.64. The molecular formula is C13H27N2O4+. The van der Waals surface area contributed by atoms with Crippen molar-refractivity contribution in [3.8, 4) is 0 Å². The van der Waals surface area contributed by atoms with Crippen molar-refractivity contribution < 1.29 is 24.2 Å². The zero-order valence-electron chi connectivity index (χ0n) is 13.0. The molecule has 6 nitrogen and oxygen atoms in total. The van der Waals surface area contributed by atoms with E-state index in [9.17, 15) is 9.59 Å². The van der Waals surface area contributed by atoms with Crippen LogP contribution in [0, 0.1) is 0 Å². The average molecular weight is 275 g/mol. The lowest BCUT2D eigenvalue weighted by Crippen LogP contribution is -3.05. The highest BCUT2D eigenvalue weighted by molar-refractivity contribution is 5.86. The molecule has 0 aliphatic carbocycles. The van der Waals surface area contributed by atoms with Crippen LogP contribution in [0.4, 0.5) is 0 Å². The fraction of sp³-hybridized carbons (Fsp3) is 0.538. The van der Waals surface area contributed by atoms with Gasteiger partial charge in [-0.05, 0) is 27.9 Å². The second-order valence-corrected chi connectivity index (χ2v) is 3.85. The Kier molecular flexibility index (Phi) is 17.1. The molecule has 2 N–H and O–H groups in total.